The first-order chi connectivity index (χ1) is 9.10. The Morgan fingerprint density at radius 2 is 2.35 bits per heavy atom. The molecule has 4 N–H and O–H groups in total. The topological polar surface area (TPSA) is 95.8 Å². The Kier molecular flexibility index (Phi) is 5.52. The van der Waals surface area contributed by atoms with Crippen molar-refractivity contribution in [3.63, 3.8) is 0 Å². The lowest BCUT2D eigenvalue weighted by atomic mass is 10.3. The first-order valence-electron chi connectivity index (χ1n) is 5.87. The molecule has 8 nitrogen and oxygen atoms in total. The molecule has 0 radical (unpaired) electrons. The molecule has 9 heteroatoms. The quantitative estimate of drug-likeness (QED) is 0.438. The van der Waals surface area contributed by atoms with Crippen LogP contribution < -0.4 is 23.0 Å². The molecule has 2 aliphatic heterocycles. The highest BCUT2D eigenvalue weighted by molar-refractivity contribution is 5.96. The lowest BCUT2D eigenvalue weighted by molar-refractivity contribution is -0.658. The van der Waals surface area contributed by atoms with Gasteiger partial charge in [-0.25, -0.2) is 4.79 Å². The van der Waals surface area contributed by atoms with Gasteiger partial charge in [-0.05, 0) is 6.58 Å². The minimum Gasteiger partial charge on any atom is -1.00 e. The van der Waals surface area contributed by atoms with Crippen LogP contribution in [0.1, 0.15) is 0 Å². The van der Waals surface area contributed by atoms with Crippen LogP contribution in [0, 0.1) is 0 Å². The fraction of sp³-hybridized carbons (Fsp3) is 0.455. The first-order valence-corrected chi connectivity index (χ1v) is 5.87. The molecule has 1 atom stereocenters. The van der Waals surface area contributed by atoms with E-state index in [-0.39, 0.29) is 44.2 Å². The van der Waals surface area contributed by atoms with Gasteiger partial charge in [0.2, 0.25) is 0 Å². The van der Waals surface area contributed by atoms with Gasteiger partial charge in [-0.2, -0.15) is 9.89 Å². The Labute approximate surface area is 123 Å². The number of hydrogen-bond donors (Lipinski definition) is 3. The largest absolute Gasteiger partial charge is 1.00 e. The lowest BCUT2D eigenvalue weighted by Gasteiger charge is -2.20. The molecule has 0 spiro atoms. The number of nitrogens with two attached hydrogens (primary N) is 1. The average molecular weight is 304 g/mol. The maximum absolute atomic E-state index is 12.3. The van der Waals surface area contributed by atoms with Gasteiger partial charge in [0.05, 0.1) is 19.9 Å². The van der Waals surface area contributed by atoms with Crippen LogP contribution in [0.15, 0.2) is 29.3 Å². The number of carbonyl (C=O) groups is 1. The van der Waals surface area contributed by atoms with Crippen LogP contribution in [-0.4, -0.2) is 60.4 Å². The number of aliphatic imine (C=N–C) groups is 1. The molecule has 0 aromatic carbocycles. The summed E-state index contributed by atoms with van der Waals surface area (Å²) in [7, 11) is 1.80. The Bertz CT molecular complexity index is 465. The van der Waals surface area contributed by atoms with Crippen molar-refractivity contribution in [3.8, 4) is 0 Å². The summed E-state index contributed by atoms with van der Waals surface area (Å²) >= 11 is 0. The SMILES string of the molecule is C=C[NH+]1C(=O)C2=C(N=C1N)N(COCCO)CN2C.[Cl-]. The highest BCUT2D eigenvalue weighted by Gasteiger charge is 2.42. The molecule has 0 aromatic rings. The second kappa shape index (κ2) is 6.71. The number of hydrogen-bond acceptors (Lipinski definition) is 7. The number of aliphatic hydroxyl groups excluding tert-OH is 1. The van der Waals surface area contributed by atoms with Crippen molar-refractivity contribution in [1.29, 1.82) is 0 Å². The smallest absolute Gasteiger partial charge is 0.376 e. The number of nitrogens with zero attached hydrogens (tertiary/aromatic N) is 3. The van der Waals surface area contributed by atoms with Gasteiger partial charge in [0, 0.05) is 7.05 Å². The van der Waals surface area contributed by atoms with Gasteiger partial charge in [0.15, 0.2) is 11.5 Å². The zero-order chi connectivity index (χ0) is 14.0. The standard InChI is InChI=1S/C11H17N5O3.ClH/c1-3-16-10(18)8-9(13-11(16)12)15(6-14(8)2)7-19-5-4-17;/h3,17H,1,4-7H2,2H3,(H2,12,13);1H. The maximum atomic E-state index is 12.3. The van der Waals surface area contributed by atoms with Crippen molar-refractivity contribution < 1.29 is 31.9 Å². The van der Waals surface area contributed by atoms with E-state index in [1.165, 1.54) is 6.20 Å². The molecule has 0 fully saturated rings. The molecule has 1 unspecified atom stereocenters. The first kappa shape index (κ1) is 16.4. The van der Waals surface area contributed by atoms with E-state index < -0.39 is 0 Å². The number of likely N-dealkylation sites (N-methyl/N-ethyl adjacent to an activating group) is 1. The van der Waals surface area contributed by atoms with Gasteiger partial charge >= 0.3 is 11.9 Å². The van der Waals surface area contributed by atoms with Gasteiger partial charge in [-0.15, -0.1) is 0 Å². The van der Waals surface area contributed by atoms with Gasteiger partial charge in [0.25, 0.3) is 0 Å². The minimum atomic E-state index is -0.176. The van der Waals surface area contributed by atoms with E-state index in [0.29, 0.717) is 23.1 Å². The molecule has 2 aliphatic rings. The van der Waals surface area contributed by atoms with Crippen molar-refractivity contribution in [3.05, 3.63) is 24.3 Å². The van der Waals surface area contributed by atoms with Crippen LogP contribution in [0.4, 0.5) is 0 Å². The second-order valence-corrected chi connectivity index (χ2v) is 4.26. The van der Waals surface area contributed by atoms with Crippen LogP contribution in [0.25, 0.3) is 0 Å². The van der Waals surface area contributed by atoms with Crippen molar-refractivity contribution in [1.82, 2.24) is 9.80 Å². The predicted octanol–water partition coefficient (Wildman–Crippen LogP) is -5.79. The summed E-state index contributed by atoms with van der Waals surface area (Å²) in [5.74, 6) is 0.499. The van der Waals surface area contributed by atoms with Crippen molar-refractivity contribution >= 4 is 11.9 Å². The summed E-state index contributed by atoms with van der Waals surface area (Å²) in [5.41, 5.74) is 6.26. The molecular formula is C11H18ClN5O3. The fourth-order valence-corrected chi connectivity index (χ4v) is 2.07. The zero-order valence-electron chi connectivity index (χ0n) is 11.2. The molecule has 0 aromatic heterocycles. The van der Waals surface area contributed by atoms with E-state index in [9.17, 15) is 4.79 Å². The number of amides is 1. The number of ether oxygens (including phenoxy) is 1. The minimum absolute atomic E-state index is 0. The Balaban J connectivity index is 0.00000200. The molecule has 2 heterocycles. The number of aliphatic hydroxyl groups is 1. The molecule has 20 heavy (non-hydrogen) atoms. The summed E-state index contributed by atoms with van der Waals surface area (Å²) in [6.45, 7) is 4.50. The van der Waals surface area contributed by atoms with Crippen LogP contribution in [0.2, 0.25) is 0 Å². The van der Waals surface area contributed by atoms with Gasteiger partial charge in [-0.3, -0.25) is 0 Å². The molecular weight excluding hydrogens is 286 g/mol. The van der Waals surface area contributed by atoms with Crippen LogP contribution in [0.5, 0.6) is 0 Å². The monoisotopic (exact) mass is 303 g/mol. The van der Waals surface area contributed by atoms with E-state index in [0.717, 1.165) is 0 Å². The van der Waals surface area contributed by atoms with Gasteiger partial charge in [0.1, 0.15) is 12.9 Å². The van der Waals surface area contributed by atoms with E-state index >= 15 is 0 Å². The molecule has 0 bridgehead atoms. The van der Waals surface area contributed by atoms with Crippen LogP contribution in [0.3, 0.4) is 0 Å². The molecule has 112 valence electrons. The van der Waals surface area contributed by atoms with E-state index in [4.69, 9.17) is 15.6 Å². The average Bonchev–Trinajstić information content (AvgIpc) is 2.67. The van der Waals surface area contributed by atoms with E-state index in [2.05, 4.69) is 11.6 Å². The van der Waals surface area contributed by atoms with Crippen molar-refractivity contribution in [2.45, 2.75) is 0 Å². The summed E-state index contributed by atoms with van der Waals surface area (Å²) in [5, 5.41) is 8.69. The lowest BCUT2D eigenvalue weighted by Crippen LogP contribution is -3.15. The summed E-state index contributed by atoms with van der Waals surface area (Å²) in [4.78, 5) is 20.4. The molecule has 0 saturated heterocycles. The zero-order valence-corrected chi connectivity index (χ0v) is 11.9. The fourth-order valence-electron chi connectivity index (χ4n) is 2.07. The predicted molar refractivity (Wildman–Crippen MR) is 67.2 cm³/mol. The van der Waals surface area contributed by atoms with Crippen LogP contribution in [-0.2, 0) is 9.53 Å². The van der Waals surface area contributed by atoms with Gasteiger partial charge in [-0.1, -0.05) is 0 Å². The number of rotatable bonds is 5. The van der Waals surface area contributed by atoms with E-state index in [1.807, 2.05) is 0 Å². The van der Waals surface area contributed by atoms with Crippen molar-refractivity contribution in [2.75, 3.05) is 33.7 Å². The number of quaternary nitrogens is 1. The number of halogens is 1. The third kappa shape index (κ3) is 2.78. The number of carbonyl (C=O) groups excluding carboxylic acids is 1. The summed E-state index contributed by atoms with van der Waals surface area (Å²) in [6, 6.07) is 0. The molecule has 0 saturated carbocycles. The van der Waals surface area contributed by atoms with Gasteiger partial charge < -0.3 is 37.8 Å². The Morgan fingerprint density at radius 3 is 2.95 bits per heavy atom. The highest BCUT2D eigenvalue weighted by Crippen LogP contribution is 2.24. The number of nitrogens with one attached hydrogen (secondary N) is 1. The third-order valence-corrected chi connectivity index (χ3v) is 2.92. The summed E-state index contributed by atoms with van der Waals surface area (Å²) < 4.78 is 5.25. The third-order valence-electron chi connectivity index (χ3n) is 2.92. The van der Waals surface area contributed by atoms with E-state index in [1.54, 1.807) is 16.8 Å². The normalized spacial score (nSPS) is 21.6. The maximum Gasteiger partial charge on any atom is 0.376 e. The Morgan fingerprint density at radius 1 is 1.65 bits per heavy atom. The molecule has 0 aliphatic carbocycles. The summed E-state index contributed by atoms with van der Waals surface area (Å²) in [6.07, 6.45) is 1.42. The Hall–Kier alpha value is -1.61. The molecule has 1 amide bonds. The number of guanidine groups is 1. The van der Waals surface area contributed by atoms with Crippen LogP contribution >= 0.6 is 0 Å². The molecule has 2 rings (SSSR count). The second-order valence-electron chi connectivity index (χ2n) is 4.26. The van der Waals surface area contributed by atoms with Crippen molar-refractivity contribution in [2.24, 2.45) is 10.7 Å². The highest BCUT2D eigenvalue weighted by atomic mass is 35.5.